The molecule has 0 aromatic heterocycles. The van der Waals surface area contributed by atoms with Gasteiger partial charge in [-0.1, -0.05) is 0 Å². The number of thioether (sulfide) groups is 1. The number of unbranched alkanes of at least 4 members (excludes halogenated alkanes) is 1. The third-order valence-electron chi connectivity index (χ3n) is 3.88. The molecule has 0 spiro atoms. The van der Waals surface area contributed by atoms with Crippen LogP contribution in [0.5, 0.6) is 11.5 Å². The van der Waals surface area contributed by atoms with Crippen LogP contribution in [-0.2, 0) is 6.54 Å². The molecule has 0 saturated carbocycles. The standard InChI is InChI=1S/C18H31N3O2S/c1-14-11-16(22-4)17(23-5)12-15(14)13-21(3)18(19-2)20-9-7-8-10-24-6/h11-12H,7-10,13H2,1-6H3,(H,19,20). The van der Waals surface area contributed by atoms with Crippen LogP contribution in [0.15, 0.2) is 17.1 Å². The molecule has 136 valence electrons. The predicted octanol–water partition coefficient (Wildman–Crippen LogP) is 3.16. The van der Waals surface area contributed by atoms with Crippen molar-refractivity contribution in [3.05, 3.63) is 23.3 Å². The van der Waals surface area contributed by atoms with Gasteiger partial charge in [-0.3, -0.25) is 4.99 Å². The summed E-state index contributed by atoms with van der Waals surface area (Å²) in [6.07, 6.45) is 4.53. The lowest BCUT2D eigenvalue weighted by Crippen LogP contribution is -2.39. The zero-order valence-corrected chi connectivity index (χ0v) is 16.6. The van der Waals surface area contributed by atoms with Crippen molar-refractivity contribution in [2.24, 2.45) is 4.99 Å². The van der Waals surface area contributed by atoms with Gasteiger partial charge in [0.25, 0.3) is 0 Å². The Kier molecular flexibility index (Phi) is 9.45. The van der Waals surface area contributed by atoms with Gasteiger partial charge in [0.15, 0.2) is 17.5 Å². The molecule has 0 radical (unpaired) electrons. The minimum Gasteiger partial charge on any atom is -0.493 e. The number of hydrogen-bond donors (Lipinski definition) is 1. The zero-order valence-electron chi connectivity index (χ0n) is 15.8. The molecule has 0 saturated heterocycles. The van der Waals surface area contributed by atoms with Crippen molar-refractivity contribution in [1.82, 2.24) is 10.2 Å². The second-order valence-electron chi connectivity index (χ2n) is 5.66. The van der Waals surface area contributed by atoms with E-state index in [0.717, 1.165) is 37.0 Å². The third kappa shape index (κ3) is 6.15. The molecule has 5 nitrogen and oxygen atoms in total. The van der Waals surface area contributed by atoms with Crippen LogP contribution >= 0.6 is 11.8 Å². The van der Waals surface area contributed by atoms with E-state index in [2.05, 4.69) is 28.4 Å². The van der Waals surface area contributed by atoms with Crippen LogP contribution in [-0.4, -0.2) is 57.7 Å². The van der Waals surface area contributed by atoms with E-state index in [1.54, 1.807) is 14.2 Å². The average molecular weight is 354 g/mol. The van der Waals surface area contributed by atoms with Crippen LogP contribution in [0.3, 0.4) is 0 Å². The van der Waals surface area contributed by atoms with Crippen LogP contribution in [0.1, 0.15) is 24.0 Å². The first-order chi connectivity index (χ1) is 11.6. The van der Waals surface area contributed by atoms with Gasteiger partial charge in [-0.15, -0.1) is 0 Å². The van der Waals surface area contributed by atoms with Gasteiger partial charge in [-0.05, 0) is 55.0 Å². The summed E-state index contributed by atoms with van der Waals surface area (Å²) in [7, 11) is 7.19. The van der Waals surface area contributed by atoms with Crippen molar-refractivity contribution >= 4 is 17.7 Å². The Balaban J connectivity index is 2.69. The highest BCUT2D eigenvalue weighted by atomic mass is 32.2. The van der Waals surface area contributed by atoms with Crippen LogP contribution < -0.4 is 14.8 Å². The number of guanidine groups is 1. The molecule has 0 unspecified atom stereocenters. The summed E-state index contributed by atoms with van der Waals surface area (Å²) < 4.78 is 10.8. The third-order valence-corrected chi connectivity index (χ3v) is 4.58. The molecule has 0 aliphatic heterocycles. The Labute approximate surface area is 150 Å². The van der Waals surface area contributed by atoms with Gasteiger partial charge >= 0.3 is 0 Å². The highest BCUT2D eigenvalue weighted by Crippen LogP contribution is 2.30. The highest BCUT2D eigenvalue weighted by molar-refractivity contribution is 7.98. The van der Waals surface area contributed by atoms with Gasteiger partial charge in [0.05, 0.1) is 14.2 Å². The molecule has 0 fully saturated rings. The highest BCUT2D eigenvalue weighted by Gasteiger charge is 2.12. The Morgan fingerprint density at radius 1 is 1.21 bits per heavy atom. The molecule has 1 rings (SSSR count). The summed E-state index contributed by atoms with van der Waals surface area (Å²) in [5.74, 6) is 3.64. The number of nitrogens with one attached hydrogen (secondary N) is 1. The molecule has 0 amide bonds. The molecule has 0 aliphatic carbocycles. The largest absolute Gasteiger partial charge is 0.493 e. The first-order valence-electron chi connectivity index (χ1n) is 8.19. The minimum atomic E-state index is 0.756. The summed E-state index contributed by atoms with van der Waals surface area (Å²) >= 11 is 1.89. The topological polar surface area (TPSA) is 46.1 Å². The van der Waals surface area contributed by atoms with Crippen molar-refractivity contribution in [3.63, 3.8) is 0 Å². The molecule has 0 heterocycles. The molecule has 1 aromatic carbocycles. The fourth-order valence-corrected chi connectivity index (χ4v) is 2.97. The first kappa shape index (κ1) is 20.5. The van der Waals surface area contributed by atoms with Gasteiger partial charge in [-0.2, -0.15) is 11.8 Å². The van der Waals surface area contributed by atoms with Crippen molar-refractivity contribution in [3.8, 4) is 11.5 Å². The second-order valence-corrected chi connectivity index (χ2v) is 6.65. The van der Waals surface area contributed by atoms with E-state index >= 15 is 0 Å². The van der Waals surface area contributed by atoms with Gasteiger partial charge in [0, 0.05) is 27.2 Å². The molecule has 1 aromatic rings. The van der Waals surface area contributed by atoms with E-state index in [9.17, 15) is 0 Å². The maximum Gasteiger partial charge on any atom is 0.193 e. The van der Waals surface area contributed by atoms with Crippen molar-refractivity contribution in [2.75, 3.05) is 46.9 Å². The molecule has 1 N–H and O–H groups in total. The summed E-state index contributed by atoms with van der Waals surface area (Å²) in [6, 6.07) is 4.05. The quantitative estimate of drug-likeness (QED) is 0.420. The maximum atomic E-state index is 5.41. The van der Waals surface area contributed by atoms with Crippen LogP contribution in [0.2, 0.25) is 0 Å². The zero-order chi connectivity index (χ0) is 17.9. The molecule has 0 bridgehead atoms. The number of aliphatic imine (C=N–C) groups is 1. The summed E-state index contributed by atoms with van der Waals surface area (Å²) in [5, 5.41) is 3.43. The number of rotatable bonds is 9. The second kappa shape index (κ2) is 11.1. The number of aryl methyl sites for hydroxylation is 1. The Bertz CT molecular complexity index is 535. The van der Waals surface area contributed by atoms with Crippen molar-refractivity contribution in [1.29, 1.82) is 0 Å². The number of hydrogen-bond acceptors (Lipinski definition) is 4. The van der Waals surface area contributed by atoms with Crippen molar-refractivity contribution < 1.29 is 9.47 Å². The lowest BCUT2D eigenvalue weighted by molar-refractivity contribution is 0.353. The van der Waals surface area contributed by atoms with E-state index in [-0.39, 0.29) is 0 Å². The monoisotopic (exact) mass is 353 g/mol. The number of nitrogens with zero attached hydrogens (tertiary/aromatic N) is 2. The fraction of sp³-hybridized carbons (Fsp3) is 0.611. The van der Waals surface area contributed by atoms with Gasteiger partial charge in [0.1, 0.15) is 0 Å². The van der Waals surface area contributed by atoms with Crippen LogP contribution in [0, 0.1) is 6.92 Å². The van der Waals surface area contributed by atoms with Crippen LogP contribution in [0.4, 0.5) is 0 Å². The van der Waals surface area contributed by atoms with E-state index in [4.69, 9.17) is 9.47 Å². The molecule has 0 aliphatic rings. The molecule has 0 atom stereocenters. The molecule has 6 heteroatoms. The summed E-state index contributed by atoms with van der Waals surface area (Å²) in [6.45, 7) is 3.79. The lowest BCUT2D eigenvalue weighted by atomic mass is 10.1. The van der Waals surface area contributed by atoms with Gasteiger partial charge in [-0.25, -0.2) is 0 Å². The number of benzene rings is 1. The predicted molar refractivity (Wildman–Crippen MR) is 105 cm³/mol. The molecular formula is C18H31N3O2S. The number of ether oxygens (including phenoxy) is 2. The van der Waals surface area contributed by atoms with E-state index in [1.807, 2.05) is 38.0 Å². The summed E-state index contributed by atoms with van der Waals surface area (Å²) in [4.78, 5) is 6.51. The Hall–Kier alpha value is -1.56. The SMILES string of the molecule is CN=C(NCCCCSC)N(C)Cc1cc(OC)c(OC)cc1C. The van der Waals surface area contributed by atoms with Gasteiger partial charge < -0.3 is 19.7 Å². The first-order valence-corrected chi connectivity index (χ1v) is 9.59. The lowest BCUT2D eigenvalue weighted by Gasteiger charge is -2.23. The van der Waals surface area contributed by atoms with E-state index < -0.39 is 0 Å². The Morgan fingerprint density at radius 2 is 1.88 bits per heavy atom. The smallest absolute Gasteiger partial charge is 0.193 e. The van der Waals surface area contributed by atoms with E-state index in [0.29, 0.717) is 0 Å². The van der Waals surface area contributed by atoms with Crippen LogP contribution in [0.25, 0.3) is 0 Å². The normalized spacial score (nSPS) is 11.3. The average Bonchev–Trinajstić information content (AvgIpc) is 2.59. The van der Waals surface area contributed by atoms with Crippen molar-refractivity contribution in [2.45, 2.75) is 26.3 Å². The minimum absolute atomic E-state index is 0.756. The number of methoxy groups -OCH3 is 2. The maximum absolute atomic E-state index is 5.41. The summed E-state index contributed by atoms with van der Waals surface area (Å²) in [5.41, 5.74) is 2.37. The Morgan fingerprint density at radius 3 is 2.46 bits per heavy atom. The molecular weight excluding hydrogens is 322 g/mol. The van der Waals surface area contributed by atoms with Gasteiger partial charge in [0.2, 0.25) is 0 Å². The molecule has 24 heavy (non-hydrogen) atoms. The fourth-order valence-electron chi connectivity index (χ4n) is 2.48. The van der Waals surface area contributed by atoms with E-state index in [1.165, 1.54) is 23.3 Å².